The lowest BCUT2D eigenvalue weighted by molar-refractivity contribution is -0.152. The van der Waals surface area contributed by atoms with Crippen LogP contribution in [0.2, 0.25) is 0 Å². The van der Waals surface area contributed by atoms with Crippen molar-refractivity contribution in [3.63, 3.8) is 0 Å². The summed E-state index contributed by atoms with van der Waals surface area (Å²) in [6.07, 6.45) is 16.9. The summed E-state index contributed by atoms with van der Waals surface area (Å²) in [6.45, 7) is 8.58. The van der Waals surface area contributed by atoms with Gasteiger partial charge in [0, 0.05) is 0 Å². The molecule has 0 saturated carbocycles. The Morgan fingerprint density at radius 3 is 1.84 bits per heavy atom. The van der Waals surface area contributed by atoms with Crippen molar-refractivity contribution in [2.45, 2.75) is 104 Å². The molecule has 3 nitrogen and oxygen atoms in total. The molecule has 0 aromatic carbocycles. The van der Waals surface area contributed by atoms with Gasteiger partial charge in [-0.05, 0) is 18.8 Å². The van der Waals surface area contributed by atoms with Gasteiger partial charge >= 0.3 is 11.9 Å². The largest absolute Gasteiger partial charge is 0.393 e. The second kappa shape index (κ2) is 13.1. The minimum Gasteiger partial charge on any atom is -0.393 e. The Balaban J connectivity index is 1.84. The lowest BCUT2D eigenvalue weighted by Crippen LogP contribution is -2.09. The molecule has 0 spiro atoms. The maximum absolute atomic E-state index is 11.5. The predicted molar refractivity (Wildman–Crippen MR) is 103 cm³/mol. The number of carbonyl (C=O) groups excluding carboxylic acids is 2. The van der Waals surface area contributed by atoms with Crippen LogP contribution in [0.1, 0.15) is 104 Å². The molecule has 0 amide bonds. The van der Waals surface area contributed by atoms with Crippen LogP contribution in [0.3, 0.4) is 0 Å². The molecule has 1 unspecified atom stereocenters. The van der Waals surface area contributed by atoms with Gasteiger partial charge in [-0.25, -0.2) is 0 Å². The number of hydrogen-bond donors (Lipinski definition) is 0. The molecule has 0 bridgehead atoms. The Morgan fingerprint density at radius 2 is 1.40 bits per heavy atom. The van der Waals surface area contributed by atoms with Crippen LogP contribution in [0.15, 0.2) is 12.2 Å². The monoisotopic (exact) mass is 350 g/mol. The number of unbranched alkanes of at least 4 members (excludes halogenated alkanes) is 10. The van der Waals surface area contributed by atoms with Gasteiger partial charge in [-0.15, -0.1) is 0 Å². The van der Waals surface area contributed by atoms with Crippen molar-refractivity contribution in [2.75, 3.05) is 0 Å². The van der Waals surface area contributed by atoms with E-state index >= 15 is 0 Å². The molecule has 1 heterocycles. The number of ether oxygens (including phenoxy) is 1. The van der Waals surface area contributed by atoms with E-state index in [1.165, 1.54) is 70.6 Å². The second-order valence-corrected chi connectivity index (χ2v) is 8.03. The molecule has 1 rings (SSSR count). The highest BCUT2D eigenvalue weighted by atomic mass is 16.6. The molecule has 1 aliphatic rings. The van der Waals surface area contributed by atoms with Crippen molar-refractivity contribution in [3.8, 4) is 0 Å². The van der Waals surface area contributed by atoms with Crippen LogP contribution in [0.25, 0.3) is 0 Å². The summed E-state index contributed by atoms with van der Waals surface area (Å²) < 4.78 is 4.58. The third-order valence-corrected chi connectivity index (χ3v) is 5.14. The number of carbonyl (C=O) groups is 2. The Labute approximate surface area is 154 Å². The van der Waals surface area contributed by atoms with Crippen molar-refractivity contribution in [3.05, 3.63) is 12.2 Å². The molecule has 1 aliphatic heterocycles. The van der Waals surface area contributed by atoms with Crippen LogP contribution in [-0.2, 0) is 14.3 Å². The van der Waals surface area contributed by atoms with Crippen molar-refractivity contribution in [2.24, 2.45) is 11.8 Å². The quantitative estimate of drug-likeness (QED) is 0.149. The van der Waals surface area contributed by atoms with Gasteiger partial charge in [0.05, 0.1) is 12.3 Å². The van der Waals surface area contributed by atoms with Gasteiger partial charge in [-0.1, -0.05) is 96.6 Å². The van der Waals surface area contributed by atoms with Crippen LogP contribution < -0.4 is 0 Å². The van der Waals surface area contributed by atoms with Crippen LogP contribution in [0.4, 0.5) is 0 Å². The Hall–Kier alpha value is -1.12. The Bertz CT molecular complexity index is 411. The van der Waals surface area contributed by atoms with E-state index in [0.29, 0.717) is 0 Å². The smallest absolute Gasteiger partial charge is 0.321 e. The summed E-state index contributed by atoms with van der Waals surface area (Å²) in [5.41, 5.74) is 0.869. The highest BCUT2D eigenvalue weighted by molar-refractivity contribution is 5.96. The number of esters is 2. The molecule has 0 aromatic heterocycles. The molecule has 25 heavy (non-hydrogen) atoms. The van der Waals surface area contributed by atoms with E-state index in [9.17, 15) is 9.59 Å². The molecule has 0 N–H and O–H groups in total. The van der Waals surface area contributed by atoms with Gasteiger partial charge in [0.1, 0.15) is 0 Å². The predicted octanol–water partition coefficient (Wildman–Crippen LogP) is 6.36. The van der Waals surface area contributed by atoms with Gasteiger partial charge in [0.15, 0.2) is 0 Å². The highest BCUT2D eigenvalue weighted by Gasteiger charge is 2.34. The zero-order valence-corrected chi connectivity index (χ0v) is 16.5. The van der Waals surface area contributed by atoms with Gasteiger partial charge < -0.3 is 4.74 Å². The molecule has 144 valence electrons. The summed E-state index contributed by atoms with van der Waals surface area (Å²) in [5, 5.41) is 0. The summed E-state index contributed by atoms with van der Waals surface area (Å²) >= 11 is 0. The fourth-order valence-electron chi connectivity index (χ4n) is 3.46. The van der Waals surface area contributed by atoms with Crippen molar-refractivity contribution < 1.29 is 14.3 Å². The van der Waals surface area contributed by atoms with Crippen molar-refractivity contribution in [1.82, 2.24) is 0 Å². The highest BCUT2D eigenvalue weighted by Crippen LogP contribution is 2.26. The first-order valence-corrected chi connectivity index (χ1v) is 10.4. The summed E-state index contributed by atoms with van der Waals surface area (Å²) in [5.74, 6) is -0.338. The molecule has 3 heteroatoms. The fourth-order valence-corrected chi connectivity index (χ4v) is 3.46. The van der Waals surface area contributed by atoms with E-state index in [-0.39, 0.29) is 12.3 Å². The average molecular weight is 351 g/mol. The molecular formula is C22H38O3. The SMILES string of the molecule is C=C(CCCCCCCCCCCCCC(C)C)C1CC(=O)OC1=O. The molecule has 1 atom stereocenters. The third-order valence-electron chi connectivity index (χ3n) is 5.14. The molecular weight excluding hydrogens is 312 g/mol. The minimum atomic E-state index is -0.406. The van der Waals surface area contributed by atoms with E-state index in [1.54, 1.807) is 0 Å². The minimum absolute atomic E-state index is 0.190. The molecule has 0 aromatic rings. The summed E-state index contributed by atoms with van der Waals surface area (Å²) in [7, 11) is 0. The zero-order chi connectivity index (χ0) is 18.5. The molecule has 1 saturated heterocycles. The van der Waals surface area contributed by atoms with Crippen LogP contribution in [-0.4, -0.2) is 11.9 Å². The maximum Gasteiger partial charge on any atom is 0.321 e. The second-order valence-electron chi connectivity index (χ2n) is 8.03. The fraction of sp³-hybridized carbons (Fsp3) is 0.818. The number of hydrogen-bond acceptors (Lipinski definition) is 3. The van der Waals surface area contributed by atoms with Crippen molar-refractivity contribution in [1.29, 1.82) is 0 Å². The van der Waals surface area contributed by atoms with E-state index in [0.717, 1.165) is 24.3 Å². The first kappa shape index (κ1) is 21.9. The third kappa shape index (κ3) is 10.5. The summed E-state index contributed by atoms with van der Waals surface area (Å²) in [6, 6.07) is 0. The summed E-state index contributed by atoms with van der Waals surface area (Å²) in [4.78, 5) is 22.6. The normalized spacial score (nSPS) is 17.3. The Kier molecular flexibility index (Phi) is 11.5. The maximum atomic E-state index is 11.5. The Morgan fingerprint density at radius 1 is 0.920 bits per heavy atom. The van der Waals surface area contributed by atoms with Gasteiger partial charge in [-0.2, -0.15) is 0 Å². The molecule has 0 radical (unpaired) electrons. The van der Waals surface area contributed by atoms with Gasteiger partial charge in [-0.3, -0.25) is 9.59 Å². The standard InChI is InChI=1S/C22H38O3/c1-18(2)15-13-11-9-7-5-4-6-8-10-12-14-16-19(3)20-17-21(23)25-22(20)24/h18,20H,3-17H2,1-2H3. The van der Waals surface area contributed by atoms with Crippen LogP contribution >= 0.6 is 0 Å². The van der Waals surface area contributed by atoms with E-state index in [2.05, 4.69) is 25.2 Å². The number of rotatable bonds is 15. The lowest BCUT2D eigenvalue weighted by Gasteiger charge is -2.08. The van der Waals surface area contributed by atoms with Crippen molar-refractivity contribution >= 4 is 11.9 Å². The first-order chi connectivity index (χ1) is 12.0. The molecule has 0 aliphatic carbocycles. The van der Waals surface area contributed by atoms with E-state index < -0.39 is 11.9 Å². The topological polar surface area (TPSA) is 43.4 Å². The van der Waals surface area contributed by atoms with E-state index in [1.807, 2.05) is 0 Å². The lowest BCUT2D eigenvalue weighted by atomic mass is 9.94. The number of cyclic esters (lactones) is 2. The first-order valence-electron chi connectivity index (χ1n) is 10.4. The van der Waals surface area contributed by atoms with Gasteiger partial charge in [0.2, 0.25) is 0 Å². The van der Waals surface area contributed by atoms with Crippen LogP contribution in [0, 0.1) is 11.8 Å². The van der Waals surface area contributed by atoms with Gasteiger partial charge in [0.25, 0.3) is 0 Å². The van der Waals surface area contributed by atoms with Crippen LogP contribution in [0.5, 0.6) is 0 Å². The zero-order valence-electron chi connectivity index (χ0n) is 16.5. The average Bonchev–Trinajstić information content (AvgIpc) is 2.90. The van der Waals surface area contributed by atoms with E-state index in [4.69, 9.17) is 0 Å². The molecule has 1 fully saturated rings.